The molecule has 0 amide bonds. The molecule has 0 saturated carbocycles. The third kappa shape index (κ3) is 3.97. The summed E-state index contributed by atoms with van der Waals surface area (Å²) < 4.78 is 5.06. The number of aryl methyl sites for hydroxylation is 1. The van der Waals surface area contributed by atoms with E-state index >= 15 is 0 Å². The summed E-state index contributed by atoms with van der Waals surface area (Å²) in [4.78, 5) is 13.3. The van der Waals surface area contributed by atoms with Gasteiger partial charge in [-0.15, -0.1) is 11.8 Å². The predicted molar refractivity (Wildman–Crippen MR) is 108 cm³/mol. The van der Waals surface area contributed by atoms with E-state index in [0.29, 0.717) is 12.2 Å². The van der Waals surface area contributed by atoms with Crippen molar-refractivity contribution in [3.05, 3.63) is 64.2 Å². The van der Waals surface area contributed by atoms with Crippen LogP contribution in [0, 0.1) is 18.8 Å². The molecule has 0 unspecified atom stereocenters. The van der Waals surface area contributed by atoms with Crippen molar-refractivity contribution in [1.29, 1.82) is 0 Å². The van der Waals surface area contributed by atoms with Crippen molar-refractivity contribution in [2.24, 2.45) is 0 Å². The van der Waals surface area contributed by atoms with Crippen LogP contribution in [-0.2, 0) is 10.2 Å². The van der Waals surface area contributed by atoms with Gasteiger partial charge in [0.25, 0.3) is 0 Å². The molecule has 0 spiro atoms. The van der Waals surface area contributed by atoms with Crippen LogP contribution in [0.25, 0.3) is 0 Å². The Hall–Kier alpha value is -2.18. The number of benzene rings is 2. The van der Waals surface area contributed by atoms with Crippen LogP contribution in [0.3, 0.4) is 0 Å². The monoisotopic (exact) mass is 364 g/mol. The van der Waals surface area contributed by atoms with E-state index in [2.05, 4.69) is 44.7 Å². The molecule has 2 nitrogen and oxygen atoms in total. The fraction of sp³-hybridized carbons (Fsp3) is 0.348. The van der Waals surface area contributed by atoms with E-state index in [4.69, 9.17) is 4.74 Å². The van der Waals surface area contributed by atoms with E-state index in [0.717, 1.165) is 11.1 Å². The average Bonchev–Trinajstić information content (AvgIpc) is 2.60. The Morgan fingerprint density at radius 2 is 2.04 bits per heavy atom. The number of hydrogen-bond acceptors (Lipinski definition) is 3. The zero-order chi connectivity index (χ0) is 18.7. The molecule has 1 aliphatic heterocycles. The molecule has 0 radical (unpaired) electrons. The third-order valence-corrected chi connectivity index (χ3v) is 5.81. The highest BCUT2D eigenvalue weighted by atomic mass is 32.2. The molecule has 0 aliphatic carbocycles. The van der Waals surface area contributed by atoms with Crippen LogP contribution in [0.1, 0.15) is 59.8 Å². The van der Waals surface area contributed by atoms with Gasteiger partial charge in [0, 0.05) is 16.0 Å². The lowest BCUT2D eigenvalue weighted by Crippen LogP contribution is -2.23. The summed E-state index contributed by atoms with van der Waals surface area (Å²) in [6.07, 6.45) is 1.18. The number of fused-ring (bicyclic) bond motifs is 1. The van der Waals surface area contributed by atoms with Crippen molar-refractivity contribution in [3.63, 3.8) is 0 Å². The van der Waals surface area contributed by atoms with E-state index in [1.807, 2.05) is 23.9 Å². The number of hydrogen-bond donors (Lipinski definition) is 0. The Labute approximate surface area is 160 Å². The molecule has 2 aromatic carbocycles. The minimum atomic E-state index is -0.306. The van der Waals surface area contributed by atoms with Crippen molar-refractivity contribution in [1.82, 2.24) is 0 Å². The van der Waals surface area contributed by atoms with Crippen LogP contribution in [0.2, 0.25) is 0 Å². The smallest absolute Gasteiger partial charge is 0.338 e. The van der Waals surface area contributed by atoms with Gasteiger partial charge in [-0.1, -0.05) is 31.8 Å². The minimum absolute atomic E-state index is 0.189. The Morgan fingerprint density at radius 1 is 1.23 bits per heavy atom. The number of rotatable bonds is 2. The van der Waals surface area contributed by atoms with Crippen LogP contribution < -0.4 is 0 Å². The summed E-state index contributed by atoms with van der Waals surface area (Å²) in [5, 5.41) is 0. The summed E-state index contributed by atoms with van der Waals surface area (Å²) >= 11 is 1.94. The van der Waals surface area contributed by atoms with E-state index in [1.165, 1.54) is 28.2 Å². The van der Waals surface area contributed by atoms with E-state index in [1.54, 1.807) is 19.1 Å². The van der Waals surface area contributed by atoms with Crippen LogP contribution >= 0.6 is 11.8 Å². The van der Waals surface area contributed by atoms with Crippen LogP contribution in [0.15, 0.2) is 41.3 Å². The van der Waals surface area contributed by atoms with Gasteiger partial charge in [0.2, 0.25) is 0 Å². The highest BCUT2D eigenvalue weighted by Crippen LogP contribution is 2.42. The Kier molecular flexibility index (Phi) is 5.44. The van der Waals surface area contributed by atoms with Crippen molar-refractivity contribution in [2.45, 2.75) is 44.4 Å². The van der Waals surface area contributed by atoms with Gasteiger partial charge in [0.05, 0.1) is 12.2 Å². The van der Waals surface area contributed by atoms with Crippen LogP contribution in [0.5, 0.6) is 0 Å². The molecule has 0 bridgehead atoms. The van der Waals surface area contributed by atoms with Gasteiger partial charge in [-0.05, 0) is 72.9 Å². The van der Waals surface area contributed by atoms with Gasteiger partial charge >= 0.3 is 5.97 Å². The SMILES string of the molecule is CCOC(=O)c1cccc(C#Cc2cc3c(cc2C)SCCC3(C)C)c1. The Morgan fingerprint density at radius 3 is 2.81 bits per heavy atom. The lowest BCUT2D eigenvalue weighted by molar-refractivity contribution is 0.0526. The van der Waals surface area contributed by atoms with Crippen LogP contribution in [0.4, 0.5) is 0 Å². The number of ether oxygens (including phenoxy) is 1. The highest BCUT2D eigenvalue weighted by molar-refractivity contribution is 7.99. The quantitative estimate of drug-likeness (QED) is 0.531. The average molecular weight is 365 g/mol. The maximum atomic E-state index is 11.9. The fourth-order valence-corrected chi connectivity index (χ4v) is 4.68. The summed E-state index contributed by atoms with van der Waals surface area (Å²) in [5.41, 5.74) is 5.20. The molecule has 134 valence electrons. The predicted octanol–water partition coefficient (Wildman–Crippen LogP) is 5.34. The normalized spacial score (nSPS) is 14.8. The lowest BCUT2D eigenvalue weighted by Gasteiger charge is -2.32. The molecule has 0 saturated heterocycles. The van der Waals surface area contributed by atoms with Crippen molar-refractivity contribution < 1.29 is 9.53 Å². The summed E-state index contributed by atoms with van der Waals surface area (Å²) in [5.74, 6) is 7.38. The second kappa shape index (κ2) is 7.60. The number of esters is 1. The van der Waals surface area contributed by atoms with Gasteiger partial charge < -0.3 is 4.74 Å². The second-order valence-corrected chi connectivity index (χ2v) is 8.33. The number of thioether (sulfide) groups is 1. The van der Waals surface area contributed by atoms with Gasteiger partial charge in [0.1, 0.15) is 0 Å². The first-order chi connectivity index (χ1) is 12.4. The molecular formula is C23H24O2S. The maximum Gasteiger partial charge on any atom is 0.338 e. The van der Waals surface area contributed by atoms with E-state index in [-0.39, 0.29) is 11.4 Å². The summed E-state index contributed by atoms with van der Waals surface area (Å²) in [6, 6.07) is 11.8. The topological polar surface area (TPSA) is 26.3 Å². The zero-order valence-corrected chi connectivity index (χ0v) is 16.6. The number of carbonyl (C=O) groups excluding carboxylic acids is 1. The Bertz CT molecular complexity index is 900. The third-order valence-electron chi connectivity index (χ3n) is 4.76. The molecule has 3 rings (SSSR count). The molecular weight excluding hydrogens is 340 g/mol. The first-order valence-electron chi connectivity index (χ1n) is 8.98. The van der Waals surface area contributed by atoms with Gasteiger partial charge in [-0.2, -0.15) is 0 Å². The molecule has 0 atom stereocenters. The minimum Gasteiger partial charge on any atom is -0.462 e. The fourth-order valence-electron chi connectivity index (χ4n) is 3.09. The molecule has 1 aliphatic rings. The van der Waals surface area contributed by atoms with E-state index < -0.39 is 0 Å². The van der Waals surface area contributed by atoms with Crippen molar-refractivity contribution >= 4 is 17.7 Å². The van der Waals surface area contributed by atoms with Gasteiger partial charge in [-0.25, -0.2) is 4.79 Å². The van der Waals surface area contributed by atoms with Gasteiger partial charge in [-0.3, -0.25) is 0 Å². The molecule has 1 heterocycles. The van der Waals surface area contributed by atoms with Gasteiger partial charge in [0.15, 0.2) is 0 Å². The molecule has 0 N–H and O–H groups in total. The van der Waals surface area contributed by atoms with Crippen molar-refractivity contribution in [3.8, 4) is 11.8 Å². The van der Waals surface area contributed by atoms with Crippen molar-refractivity contribution in [2.75, 3.05) is 12.4 Å². The van der Waals surface area contributed by atoms with Crippen LogP contribution in [-0.4, -0.2) is 18.3 Å². The molecule has 3 heteroatoms. The lowest BCUT2D eigenvalue weighted by atomic mass is 9.80. The summed E-state index contributed by atoms with van der Waals surface area (Å²) in [6.45, 7) is 8.90. The first-order valence-corrected chi connectivity index (χ1v) is 9.96. The zero-order valence-electron chi connectivity index (χ0n) is 15.8. The standard InChI is InChI=1S/C23H24O2S/c1-5-25-22(24)19-8-6-7-17(14-19)9-10-18-15-20-21(13-16(18)2)26-12-11-23(20,3)4/h6-8,13-15H,5,11-12H2,1-4H3. The molecule has 0 aromatic heterocycles. The highest BCUT2D eigenvalue weighted by Gasteiger charge is 2.28. The maximum absolute atomic E-state index is 11.9. The Balaban J connectivity index is 1.94. The largest absolute Gasteiger partial charge is 0.462 e. The first kappa shape index (κ1) is 18.6. The molecule has 26 heavy (non-hydrogen) atoms. The second-order valence-electron chi connectivity index (χ2n) is 7.20. The number of carbonyl (C=O) groups is 1. The molecule has 0 fully saturated rings. The molecule has 2 aromatic rings. The van der Waals surface area contributed by atoms with E-state index in [9.17, 15) is 4.79 Å². The summed E-state index contributed by atoms with van der Waals surface area (Å²) in [7, 11) is 0.